The molecule has 1 aromatic carbocycles. The minimum Gasteiger partial charge on any atom is -0.492 e. The zero-order valence-corrected chi connectivity index (χ0v) is 13.4. The molecule has 1 saturated carbocycles. The third-order valence-electron chi connectivity index (χ3n) is 3.51. The highest BCUT2D eigenvalue weighted by Gasteiger charge is 2.20. The monoisotopic (exact) mass is 345 g/mol. The van der Waals surface area contributed by atoms with Crippen molar-refractivity contribution in [1.29, 1.82) is 0 Å². The zero-order chi connectivity index (χ0) is 13.5. The van der Waals surface area contributed by atoms with Crippen LogP contribution in [0.25, 0.3) is 0 Å². The molecule has 2 atom stereocenters. The van der Waals surface area contributed by atoms with Crippen LogP contribution >= 0.6 is 27.5 Å². The molecule has 0 aliphatic heterocycles. The Balaban J connectivity index is 1.68. The predicted octanol–water partition coefficient (Wildman–Crippen LogP) is 4.36. The van der Waals surface area contributed by atoms with Gasteiger partial charge in [0.05, 0.1) is 0 Å². The molecular formula is C15H21BrClNO. The third-order valence-corrected chi connectivity index (χ3v) is 4.52. The minimum absolute atomic E-state index is 0.272. The maximum absolute atomic E-state index is 6.39. The number of hydrogen-bond acceptors (Lipinski definition) is 2. The molecule has 1 N–H and O–H groups in total. The summed E-state index contributed by atoms with van der Waals surface area (Å²) in [6.07, 6.45) is 6.18. The molecule has 1 aliphatic rings. The molecule has 0 bridgehead atoms. The van der Waals surface area contributed by atoms with E-state index in [0.717, 1.165) is 23.2 Å². The van der Waals surface area contributed by atoms with Crippen molar-refractivity contribution >= 4 is 27.5 Å². The lowest BCUT2D eigenvalue weighted by Crippen LogP contribution is -2.38. The molecule has 0 radical (unpaired) electrons. The van der Waals surface area contributed by atoms with Gasteiger partial charge in [0.1, 0.15) is 12.4 Å². The Kier molecular flexibility index (Phi) is 6.48. The normalized spacial score (nSPS) is 23.9. The fourth-order valence-electron chi connectivity index (χ4n) is 2.46. The summed E-state index contributed by atoms with van der Waals surface area (Å²) in [5.41, 5.74) is 0. The van der Waals surface area contributed by atoms with Gasteiger partial charge in [0.2, 0.25) is 0 Å². The number of halogens is 2. The summed E-state index contributed by atoms with van der Waals surface area (Å²) in [5, 5.41) is 3.80. The second-order valence-electron chi connectivity index (χ2n) is 5.02. The van der Waals surface area contributed by atoms with Crippen LogP contribution in [-0.4, -0.2) is 24.6 Å². The molecule has 19 heavy (non-hydrogen) atoms. The number of rotatable bonds is 5. The first-order valence-corrected chi connectivity index (χ1v) is 8.24. The van der Waals surface area contributed by atoms with Crippen molar-refractivity contribution in [3.8, 4) is 5.75 Å². The Labute approximate surface area is 129 Å². The van der Waals surface area contributed by atoms with E-state index in [1.807, 2.05) is 24.3 Å². The van der Waals surface area contributed by atoms with Gasteiger partial charge in [-0.3, -0.25) is 0 Å². The fraction of sp³-hybridized carbons (Fsp3) is 0.600. The Hall–Kier alpha value is -0.250. The second-order valence-corrected chi connectivity index (χ2v) is 6.50. The summed E-state index contributed by atoms with van der Waals surface area (Å²) in [4.78, 5) is 0. The van der Waals surface area contributed by atoms with E-state index in [9.17, 15) is 0 Å². The van der Waals surface area contributed by atoms with E-state index in [1.165, 1.54) is 25.7 Å². The molecule has 0 heterocycles. The molecular weight excluding hydrogens is 326 g/mol. The van der Waals surface area contributed by atoms with Crippen molar-refractivity contribution < 1.29 is 4.74 Å². The highest BCUT2D eigenvalue weighted by Crippen LogP contribution is 2.22. The molecule has 0 amide bonds. The van der Waals surface area contributed by atoms with E-state index in [-0.39, 0.29) is 5.38 Å². The van der Waals surface area contributed by atoms with Gasteiger partial charge in [0, 0.05) is 22.4 Å². The fourth-order valence-corrected chi connectivity index (χ4v) is 3.21. The zero-order valence-electron chi connectivity index (χ0n) is 11.1. The number of nitrogens with one attached hydrogen (secondary N) is 1. The maximum atomic E-state index is 6.39. The van der Waals surface area contributed by atoms with E-state index >= 15 is 0 Å². The first-order chi connectivity index (χ1) is 9.25. The van der Waals surface area contributed by atoms with Crippen molar-refractivity contribution in [2.45, 2.75) is 43.5 Å². The molecule has 2 unspecified atom stereocenters. The topological polar surface area (TPSA) is 21.3 Å². The van der Waals surface area contributed by atoms with Crippen LogP contribution in [0.15, 0.2) is 28.7 Å². The van der Waals surface area contributed by atoms with Crippen molar-refractivity contribution in [1.82, 2.24) is 5.32 Å². The molecule has 1 aromatic rings. The quantitative estimate of drug-likeness (QED) is 0.486. The van der Waals surface area contributed by atoms with E-state index in [1.54, 1.807) is 0 Å². The highest BCUT2D eigenvalue weighted by atomic mass is 79.9. The van der Waals surface area contributed by atoms with E-state index in [4.69, 9.17) is 16.3 Å². The molecule has 1 aliphatic carbocycles. The summed E-state index contributed by atoms with van der Waals surface area (Å²) in [6.45, 7) is 1.52. The maximum Gasteiger partial charge on any atom is 0.120 e. The number of alkyl halides is 1. The molecule has 2 rings (SSSR count). The highest BCUT2D eigenvalue weighted by molar-refractivity contribution is 9.10. The summed E-state index contributed by atoms with van der Waals surface area (Å²) in [7, 11) is 0. The van der Waals surface area contributed by atoms with Gasteiger partial charge < -0.3 is 10.1 Å². The van der Waals surface area contributed by atoms with Gasteiger partial charge in [0.15, 0.2) is 0 Å². The second kappa shape index (κ2) is 8.13. The summed E-state index contributed by atoms with van der Waals surface area (Å²) < 4.78 is 6.75. The molecule has 106 valence electrons. The van der Waals surface area contributed by atoms with Gasteiger partial charge in [-0.05, 0) is 31.0 Å². The molecule has 2 nitrogen and oxygen atoms in total. The molecule has 1 fully saturated rings. The lowest BCUT2D eigenvalue weighted by Gasteiger charge is -2.21. The van der Waals surface area contributed by atoms with Crippen LogP contribution < -0.4 is 10.1 Å². The van der Waals surface area contributed by atoms with Crippen LogP contribution in [-0.2, 0) is 0 Å². The predicted molar refractivity (Wildman–Crippen MR) is 84.2 cm³/mol. The van der Waals surface area contributed by atoms with Crippen molar-refractivity contribution in [3.05, 3.63) is 28.7 Å². The van der Waals surface area contributed by atoms with Crippen molar-refractivity contribution in [3.63, 3.8) is 0 Å². The Bertz CT molecular complexity index is 388. The average Bonchev–Trinajstić information content (AvgIpc) is 2.60. The van der Waals surface area contributed by atoms with Gasteiger partial charge in [-0.1, -0.05) is 41.3 Å². The third kappa shape index (κ3) is 5.33. The largest absolute Gasteiger partial charge is 0.492 e. The van der Waals surface area contributed by atoms with Gasteiger partial charge in [-0.2, -0.15) is 0 Å². The Morgan fingerprint density at radius 3 is 2.95 bits per heavy atom. The first kappa shape index (κ1) is 15.1. The van der Waals surface area contributed by atoms with Crippen LogP contribution in [0.2, 0.25) is 0 Å². The van der Waals surface area contributed by atoms with Gasteiger partial charge in [-0.25, -0.2) is 0 Å². The van der Waals surface area contributed by atoms with Crippen LogP contribution in [0.3, 0.4) is 0 Å². The summed E-state index contributed by atoms with van der Waals surface area (Å²) in [5.74, 6) is 0.902. The molecule has 0 aromatic heterocycles. The van der Waals surface area contributed by atoms with Crippen molar-refractivity contribution in [2.24, 2.45) is 0 Å². The lowest BCUT2D eigenvalue weighted by atomic mass is 10.1. The van der Waals surface area contributed by atoms with Crippen LogP contribution in [0.4, 0.5) is 0 Å². The summed E-state index contributed by atoms with van der Waals surface area (Å²) in [6, 6.07) is 8.37. The van der Waals surface area contributed by atoms with Gasteiger partial charge in [-0.15, -0.1) is 11.6 Å². The average molecular weight is 347 g/mol. The van der Waals surface area contributed by atoms with Gasteiger partial charge in [0.25, 0.3) is 0 Å². The van der Waals surface area contributed by atoms with E-state index in [2.05, 4.69) is 21.2 Å². The molecule has 0 spiro atoms. The smallest absolute Gasteiger partial charge is 0.120 e. The number of hydrogen-bond donors (Lipinski definition) is 1. The number of benzene rings is 1. The summed E-state index contributed by atoms with van der Waals surface area (Å²) >= 11 is 9.83. The molecule has 4 heteroatoms. The van der Waals surface area contributed by atoms with E-state index < -0.39 is 0 Å². The molecule has 0 saturated heterocycles. The minimum atomic E-state index is 0.272. The van der Waals surface area contributed by atoms with Crippen LogP contribution in [0, 0.1) is 0 Å². The van der Waals surface area contributed by atoms with E-state index in [0.29, 0.717) is 12.6 Å². The first-order valence-electron chi connectivity index (χ1n) is 7.01. The standard InChI is InChI=1S/C15H21BrClNO/c16-12-5-4-6-13(11-12)19-10-9-18-15-8-3-1-2-7-14(15)17/h4-6,11,14-15,18H,1-3,7-10H2. The Morgan fingerprint density at radius 1 is 1.26 bits per heavy atom. The van der Waals surface area contributed by atoms with Crippen LogP contribution in [0.1, 0.15) is 32.1 Å². The van der Waals surface area contributed by atoms with Crippen LogP contribution in [0.5, 0.6) is 5.75 Å². The van der Waals surface area contributed by atoms with Crippen molar-refractivity contribution in [2.75, 3.05) is 13.2 Å². The Morgan fingerprint density at radius 2 is 2.11 bits per heavy atom. The SMILES string of the molecule is ClC1CCCCCC1NCCOc1cccc(Br)c1. The van der Waals surface area contributed by atoms with Gasteiger partial charge >= 0.3 is 0 Å². The lowest BCUT2D eigenvalue weighted by molar-refractivity contribution is 0.301. The number of ether oxygens (including phenoxy) is 1.